The highest BCUT2D eigenvalue weighted by Crippen LogP contribution is 2.23. The number of carbonyl (C=O) groups is 3. The smallest absolute Gasteiger partial charge is 0.318 e. The topological polar surface area (TPSA) is 149 Å². The molecule has 2 aromatic carbocycles. The van der Waals surface area contributed by atoms with Crippen molar-refractivity contribution in [1.29, 1.82) is 0 Å². The molecule has 10 nitrogen and oxygen atoms in total. The summed E-state index contributed by atoms with van der Waals surface area (Å²) in [5.41, 5.74) is 6.76. The summed E-state index contributed by atoms with van der Waals surface area (Å²) >= 11 is 1.12. The van der Waals surface area contributed by atoms with Crippen molar-refractivity contribution in [2.24, 2.45) is 5.73 Å². The highest BCUT2D eigenvalue weighted by molar-refractivity contribution is 8.13. The number of aromatic nitrogens is 1. The largest absolute Gasteiger partial charge is 0.368 e. The second kappa shape index (κ2) is 14.8. The number of aryl methyl sites for hydroxylation is 1. The zero-order chi connectivity index (χ0) is 29.0. The van der Waals surface area contributed by atoms with Crippen molar-refractivity contribution in [2.75, 3.05) is 18.8 Å². The lowest BCUT2D eigenvalue weighted by atomic mass is 9.84. The zero-order valence-electron chi connectivity index (χ0n) is 22.3. The molecule has 3 aromatic rings. The monoisotopic (exact) mass is 563 g/mol. The summed E-state index contributed by atoms with van der Waals surface area (Å²) in [7, 11) is 0. The van der Waals surface area contributed by atoms with Crippen LogP contribution < -0.4 is 11.1 Å². The first-order chi connectivity index (χ1) is 19.2. The number of benzene rings is 2. The average molecular weight is 564 g/mol. The van der Waals surface area contributed by atoms with E-state index < -0.39 is 22.4 Å². The Labute approximate surface area is 237 Å². The normalized spacial score (nSPS) is 12.2. The number of pyridine rings is 1. The summed E-state index contributed by atoms with van der Waals surface area (Å²) in [6.45, 7) is 2.12. The minimum absolute atomic E-state index is 0.0353. The van der Waals surface area contributed by atoms with Crippen LogP contribution in [0.4, 0.5) is 10.5 Å². The predicted octanol–water partition coefficient (Wildman–Crippen LogP) is 3.92. The van der Waals surface area contributed by atoms with Crippen LogP contribution in [0.25, 0.3) is 0 Å². The van der Waals surface area contributed by atoms with Gasteiger partial charge in [-0.15, -0.1) is 0 Å². The molecule has 0 saturated heterocycles. The second-order valence-electron chi connectivity index (χ2n) is 9.36. The zero-order valence-corrected chi connectivity index (χ0v) is 23.1. The summed E-state index contributed by atoms with van der Waals surface area (Å²) < 4.78 is 0. The fourth-order valence-corrected chi connectivity index (χ4v) is 4.84. The minimum Gasteiger partial charge on any atom is -0.368 e. The number of thioether (sulfide) groups is 1. The third kappa shape index (κ3) is 9.19. The van der Waals surface area contributed by atoms with Gasteiger partial charge in [0.1, 0.15) is 5.54 Å². The summed E-state index contributed by atoms with van der Waals surface area (Å²) in [6, 6.07) is 20.5. The number of urea groups is 1. The highest BCUT2D eigenvalue weighted by Gasteiger charge is 2.39. The van der Waals surface area contributed by atoms with Gasteiger partial charge in [0.15, 0.2) is 5.12 Å². The molecule has 0 unspecified atom stereocenters. The Morgan fingerprint density at radius 1 is 0.975 bits per heavy atom. The summed E-state index contributed by atoms with van der Waals surface area (Å²) in [5, 5.41) is 14.0. The number of hydrogen-bond acceptors (Lipinski definition) is 7. The molecule has 3 N–H and O–H groups in total. The molecule has 11 heteroatoms. The molecule has 210 valence electrons. The molecule has 1 atom stereocenters. The second-order valence-corrected chi connectivity index (χ2v) is 10.6. The SMILES string of the molecule is CC(=O)SCCN(CCc1ccccc1)C(=O)N[C@@](CCc1ccccn1)(Cc1ccc([N+](=O)[O-])cc1)C(N)=O. The van der Waals surface area contributed by atoms with Gasteiger partial charge in [-0.3, -0.25) is 24.7 Å². The van der Waals surface area contributed by atoms with E-state index in [9.17, 15) is 24.5 Å². The number of nitro benzene ring substituents is 1. The number of nitrogens with zero attached hydrogens (tertiary/aromatic N) is 3. The summed E-state index contributed by atoms with van der Waals surface area (Å²) in [5.74, 6) is -0.325. The fraction of sp³-hybridized carbons (Fsp3) is 0.310. The molecule has 0 aliphatic heterocycles. The number of nitrogens with one attached hydrogen (secondary N) is 1. The molecular weight excluding hydrogens is 530 g/mol. The van der Waals surface area contributed by atoms with E-state index in [4.69, 9.17) is 5.73 Å². The van der Waals surface area contributed by atoms with E-state index in [1.807, 2.05) is 42.5 Å². The van der Waals surface area contributed by atoms with Crippen LogP contribution >= 0.6 is 11.8 Å². The van der Waals surface area contributed by atoms with E-state index in [-0.39, 0.29) is 30.2 Å². The van der Waals surface area contributed by atoms with Crippen molar-refractivity contribution < 1.29 is 19.3 Å². The van der Waals surface area contributed by atoms with E-state index in [0.29, 0.717) is 30.7 Å². The maximum atomic E-state index is 13.7. The fourth-order valence-electron chi connectivity index (χ4n) is 4.25. The Balaban J connectivity index is 1.88. The van der Waals surface area contributed by atoms with Crippen LogP contribution in [0.3, 0.4) is 0 Å². The van der Waals surface area contributed by atoms with Gasteiger partial charge in [0.2, 0.25) is 5.91 Å². The molecule has 1 heterocycles. The molecular formula is C29H33N5O5S. The third-order valence-electron chi connectivity index (χ3n) is 6.47. The lowest BCUT2D eigenvalue weighted by Gasteiger charge is -2.35. The Morgan fingerprint density at radius 2 is 1.68 bits per heavy atom. The average Bonchev–Trinajstić information content (AvgIpc) is 2.94. The summed E-state index contributed by atoms with van der Waals surface area (Å²) in [6.07, 6.45) is 2.79. The molecule has 0 saturated carbocycles. The van der Waals surface area contributed by atoms with Gasteiger partial charge < -0.3 is 16.0 Å². The Morgan fingerprint density at radius 3 is 2.27 bits per heavy atom. The number of rotatable bonds is 14. The quantitative estimate of drug-likeness (QED) is 0.223. The molecule has 0 bridgehead atoms. The highest BCUT2D eigenvalue weighted by atomic mass is 32.2. The van der Waals surface area contributed by atoms with Gasteiger partial charge >= 0.3 is 6.03 Å². The van der Waals surface area contributed by atoms with Gasteiger partial charge in [0.05, 0.1) is 4.92 Å². The van der Waals surface area contributed by atoms with Crippen molar-refractivity contribution in [2.45, 2.75) is 38.1 Å². The first kappa shape index (κ1) is 30.3. The third-order valence-corrected chi connectivity index (χ3v) is 7.27. The number of primary amides is 1. The lowest BCUT2D eigenvalue weighted by Crippen LogP contribution is -2.62. The van der Waals surface area contributed by atoms with E-state index >= 15 is 0 Å². The van der Waals surface area contributed by atoms with Crippen molar-refractivity contribution in [3.8, 4) is 0 Å². The molecule has 0 aliphatic carbocycles. The van der Waals surface area contributed by atoms with E-state index in [1.165, 1.54) is 19.1 Å². The van der Waals surface area contributed by atoms with Gasteiger partial charge in [-0.1, -0.05) is 60.3 Å². The van der Waals surface area contributed by atoms with Crippen LogP contribution in [-0.4, -0.2) is 56.2 Å². The van der Waals surface area contributed by atoms with Gasteiger partial charge in [0.25, 0.3) is 5.69 Å². The first-order valence-corrected chi connectivity index (χ1v) is 13.8. The van der Waals surface area contributed by atoms with Crippen LogP contribution in [0.5, 0.6) is 0 Å². The standard InChI is InChI=1S/C29H33N5O5S/c1-22(35)40-20-19-33(18-15-23-7-3-2-4-8-23)28(37)32-29(27(30)36,16-14-25-9-5-6-17-31-25)21-24-10-12-26(13-11-24)34(38)39/h2-13,17H,14-16,18-21H2,1H3,(H2,30,36)(H,32,37)/t29-/m0/s1. The van der Waals surface area contributed by atoms with Crippen LogP contribution in [-0.2, 0) is 28.9 Å². The van der Waals surface area contributed by atoms with Gasteiger partial charge in [-0.05, 0) is 42.5 Å². The van der Waals surface area contributed by atoms with Crippen molar-refractivity contribution in [3.05, 3.63) is 106 Å². The van der Waals surface area contributed by atoms with Crippen LogP contribution in [0, 0.1) is 10.1 Å². The molecule has 0 radical (unpaired) electrons. The Kier molecular flexibility index (Phi) is 11.2. The number of non-ortho nitro benzene ring substituents is 1. The molecule has 0 fully saturated rings. The van der Waals surface area contributed by atoms with Crippen molar-refractivity contribution in [3.63, 3.8) is 0 Å². The number of carbonyl (C=O) groups excluding carboxylic acids is 3. The van der Waals surface area contributed by atoms with E-state index in [1.54, 1.807) is 29.3 Å². The molecule has 0 spiro atoms. The van der Waals surface area contributed by atoms with E-state index in [0.717, 1.165) is 23.0 Å². The minimum atomic E-state index is -1.50. The molecule has 3 amide bonds. The number of amides is 3. The summed E-state index contributed by atoms with van der Waals surface area (Å²) in [4.78, 5) is 54.8. The maximum Gasteiger partial charge on any atom is 0.318 e. The number of nitrogens with two attached hydrogens (primary N) is 1. The van der Waals surface area contributed by atoms with Crippen LogP contribution in [0.2, 0.25) is 0 Å². The molecule has 0 aliphatic rings. The first-order valence-electron chi connectivity index (χ1n) is 12.9. The molecule has 1 aromatic heterocycles. The molecule has 40 heavy (non-hydrogen) atoms. The van der Waals surface area contributed by atoms with Crippen LogP contribution in [0.15, 0.2) is 79.0 Å². The number of nitro groups is 1. The van der Waals surface area contributed by atoms with Gasteiger partial charge in [-0.2, -0.15) is 0 Å². The van der Waals surface area contributed by atoms with E-state index in [2.05, 4.69) is 10.3 Å². The van der Waals surface area contributed by atoms with Gasteiger partial charge in [-0.25, -0.2) is 4.79 Å². The Hall–Kier alpha value is -4.25. The molecule has 3 rings (SSSR count). The van der Waals surface area contributed by atoms with Crippen molar-refractivity contribution in [1.82, 2.24) is 15.2 Å². The van der Waals surface area contributed by atoms with Gasteiger partial charge in [0, 0.05) is 56.2 Å². The number of hydrogen-bond donors (Lipinski definition) is 2. The Bertz CT molecular complexity index is 1290. The lowest BCUT2D eigenvalue weighted by molar-refractivity contribution is -0.384. The maximum absolute atomic E-state index is 13.7. The predicted molar refractivity (Wildman–Crippen MR) is 155 cm³/mol. The van der Waals surface area contributed by atoms with Crippen molar-refractivity contribution >= 4 is 34.5 Å². The van der Waals surface area contributed by atoms with Crippen LogP contribution in [0.1, 0.15) is 30.2 Å².